The Kier molecular flexibility index (Phi) is 86.8. The molecule has 0 atom stereocenters. The van der Waals surface area contributed by atoms with Gasteiger partial charge in [-0.2, -0.15) is 0 Å². The summed E-state index contributed by atoms with van der Waals surface area (Å²) < 4.78 is 40.0. The molecule has 0 radical (unpaired) electrons. The average Bonchev–Trinajstić information content (AvgIpc) is 0.830. The summed E-state index contributed by atoms with van der Waals surface area (Å²) in [5, 5.41) is 57.4. The van der Waals surface area contributed by atoms with Crippen LogP contribution in [0.25, 0.3) is 0 Å². The van der Waals surface area contributed by atoms with Gasteiger partial charge in [-0.15, -0.1) is 10.8 Å². The van der Waals surface area contributed by atoms with Gasteiger partial charge in [0.2, 0.25) is 5.91 Å². The van der Waals surface area contributed by atoms with E-state index in [1.807, 2.05) is 112 Å². The number of aliphatic carboxylic acids is 2. The number of Topliss-reactive ketones (excluding diaryl/α,β-unsaturated/α-hetero) is 2. The minimum Gasteiger partial charge on any atom is -0.870 e. The number of carbonyl (C=O) groups excluding carboxylic acids is 13. The van der Waals surface area contributed by atoms with Gasteiger partial charge in [0.25, 0.3) is 5.97 Å². The predicted octanol–water partition coefficient (Wildman–Crippen LogP) is 14.0. The number of carbonyl (C=O) groups is 14. The topological polar surface area (TPSA) is 521 Å². The summed E-state index contributed by atoms with van der Waals surface area (Å²) in [6, 6.07) is 28.3. The van der Waals surface area contributed by atoms with Crippen LogP contribution in [0.5, 0.6) is 0 Å². The summed E-state index contributed by atoms with van der Waals surface area (Å²) in [6.45, 7) is 54.3. The maximum Gasteiger partial charge on any atom is 1.00 e. The molecule has 3 saturated carbocycles. The standard InChI is InChI=1S/2C19H26O3.C10H19NO4.C10H9O3.C10H18O2.C8H14ClNO3.C8H15NO3.C8H14O4.C8H14O3.C4H9O.C2H6O.CH4.K.Na.H2O/c2*1-19(2,3)12-15-9-16(10-15)17(20)11-18(21)22-13-14-7-5-4-6-8-14;1-10(2,3)15-9(13)7-6-8(12)11(4)14-5;11-7-6-10(12)13-8-9-4-2-1-3-5-9;1-10(2,3)6-7-4-8(5-7)9(11)12;1-8(2,3)13-7(11)5-4-6(9)10-12;1-8(2,3)12-7(10)5-4-6-9-11;1-8(2,3)12-7(11)5-4-6(9)10;1-8(2,3)11-7(10)5-4-6-9;1-4(2,3)5;1-2-3;;;;/h2*4-8,15-16H,9-13H2,1-3H3;6-7H2,1-5H3;1-5H,6,8H2;7-8H,4-6H2,1-3H3,(H,11,12);12H,4-5H2,1-3H3;6,11H,4-5H2,1-3H3;4-5H2,1-3H3,(H,9,10);6H,4-5H2,1-3H3;1-3H3;3H,2H2,1H3;1H4;;;1H2/q;;;-1;;;;;;-1;;;2*+1;/p-1/b;;;;;10-6-;9-6+;;;;;;;;. The van der Waals surface area contributed by atoms with E-state index in [1.165, 1.54) is 26.7 Å². The van der Waals surface area contributed by atoms with Crippen LogP contribution in [0.15, 0.2) is 101 Å². The number of benzene rings is 3. The number of carboxylic acid groups (broad SMARTS) is 2. The number of oxime groups is 2. The quantitative estimate of drug-likeness (QED) is 0.00427. The zero-order valence-corrected chi connectivity index (χ0v) is 97.7. The number of hydroxylamine groups is 2. The first kappa shape index (κ1) is 154. The fraction of sp³-hybridized carbons (Fsp3) is 0.673. The third-order valence-corrected chi connectivity index (χ3v) is 18.0. The van der Waals surface area contributed by atoms with Gasteiger partial charge < -0.3 is 83.8 Å². The Balaban J connectivity index is -0.000000203. The normalized spacial score (nSPS) is 15.3. The molecular formula is C107H175ClKN3NaO31-. The number of rotatable bonds is 34. The van der Waals surface area contributed by atoms with Gasteiger partial charge in [-0.25, -0.2) is 5.06 Å². The maximum atomic E-state index is 12.1. The molecule has 144 heavy (non-hydrogen) atoms. The monoisotopic (exact) mass is 2100 g/mol. The van der Waals surface area contributed by atoms with Crippen LogP contribution in [0, 0.1) is 51.8 Å². The van der Waals surface area contributed by atoms with Gasteiger partial charge in [0.1, 0.15) is 83.7 Å². The number of aliphatic hydroxyl groups is 1. The van der Waals surface area contributed by atoms with Crippen molar-refractivity contribution in [1.82, 2.24) is 5.06 Å². The summed E-state index contributed by atoms with van der Waals surface area (Å²) in [6.07, 6.45) is 13.3. The number of esters is 8. The summed E-state index contributed by atoms with van der Waals surface area (Å²) in [5.74, 6) is -2.89. The van der Waals surface area contributed by atoms with Crippen LogP contribution < -0.4 is 86.0 Å². The number of hydrogen-bond donors (Lipinski definition) is 5. The van der Waals surface area contributed by atoms with E-state index in [4.69, 9.17) is 75.2 Å². The Morgan fingerprint density at radius 2 is 0.708 bits per heavy atom. The number of halogens is 1. The number of aldehydes is 1. The zero-order valence-electron chi connectivity index (χ0n) is 91.8. The second-order valence-electron chi connectivity index (χ2n) is 43.1. The molecule has 0 aromatic heterocycles. The Bertz CT molecular complexity index is 4030. The number of carboxylic acids is 2. The van der Waals surface area contributed by atoms with E-state index in [9.17, 15) is 77.0 Å². The van der Waals surface area contributed by atoms with Crippen molar-refractivity contribution in [1.29, 1.82) is 0 Å². The van der Waals surface area contributed by atoms with E-state index < -0.39 is 69.4 Å². The smallest absolute Gasteiger partial charge is 0.870 e. The Hall–Kier alpha value is -7.78. The van der Waals surface area contributed by atoms with E-state index in [2.05, 4.69) is 77.5 Å². The molecule has 0 unspecified atom stereocenters. The molecule has 3 aromatic carbocycles. The van der Waals surface area contributed by atoms with Crippen molar-refractivity contribution in [2.45, 2.75) is 396 Å². The van der Waals surface area contributed by atoms with Gasteiger partial charge in [-0.05, 0) is 226 Å². The van der Waals surface area contributed by atoms with Crippen LogP contribution in [-0.4, -0.2) is 192 Å². The van der Waals surface area contributed by atoms with E-state index in [1.54, 1.807) is 111 Å². The molecule has 6 rings (SSSR count). The Labute approximate surface area is 928 Å². The number of ketones is 2. The first-order chi connectivity index (χ1) is 64.1. The number of nitrogens with zero attached hydrogens (tertiary/aromatic N) is 3. The Morgan fingerprint density at radius 1 is 0.444 bits per heavy atom. The molecule has 3 aromatic rings. The van der Waals surface area contributed by atoms with Crippen LogP contribution in [0.3, 0.4) is 0 Å². The zero-order chi connectivity index (χ0) is 109. The van der Waals surface area contributed by atoms with E-state index in [-0.39, 0.29) is 262 Å². The van der Waals surface area contributed by atoms with Crippen molar-refractivity contribution in [2.75, 3.05) is 20.8 Å². The number of amides is 1. The van der Waals surface area contributed by atoms with Crippen LogP contribution in [0.2, 0.25) is 0 Å². The van der Waals surface area contributed by atoms with Crippen molar-refractivity contribution in [3.63, 3.8) is 0 Å². The van der Waals surface area contributed by atoms with Gasteiger partial charge in [-0.3, -0.25) is 73.5 Å². The van der Waals surface area contributed by atoms with Crippen LogP contribution in [0.1, 0.15) is 359 Å². The summed E-state index contributed by atoms with van der Waals surface area (Å²) >= 11 is 5.37. The first-order valence-corrected chi connectivity index (χ1v) is 47.6. The molecule has 0 aliphatic heterocycles. The van der Waals surface area contributed by atoms with Gasteiger partial charge in [-0.1, -0.05) is 205 Å². The molecule has 0 heterocycles. The number of aliphatic hydroxyl groups excluding tert-OH is 1. The van der Waals surface area contributed by atoms with Crippen LogP contribution in [0.4, 0.5) is 0 Å². The summed E-state index contributed by atoms with van der Waals surface area (Å²) in [5.41, 5.74) is 0.612. The molecule has 814 valence electrons. The molecular weight excluding hydrogens is 1920 g/mol. The minimum atomic E-state index is -0.985. The second kappa shape index (κ2) is 81.2. The van der Waals surface area contributed by atoms with Crippen molar-refractivity contribution in [3.05, 3.63) is 108 Å². The van der Waals surface area contributed by atoms with Gasteiger partial charge in [0.15, 0.2) is 0 Å². The van der Waals surface area contributed by atoms with Gasteiger partial charge in [0, 0.05) is 51.0 Å². The molecule has 3 aliphatic carbocycles. The Morgan fingerprint density at radius 3 is 0.951 bits per heavy atom. The molecule has 3 aliphatic rings. The number of hydrogen-bond acceptors (Lipinski definition) is 31. The van der Waals surface area contributed by atoms with E-state index >= 15 is 0 Å². The van der Waals surface area contributed by atoms with Crippen LogP contribution in [-0.2, 0) is 134 Å². The van der Waals surface area contributed by atoms with Crippen molar-refractivity contribution in [3.8, 4) is 0 Å². The molecule has 0 spiro atoms. The third-order valence-electron chi connectivity index (χ3n) is 17.7. The molecule has 6 N–H and O–H groups in total. The van der Waals surface area contributed by atoms with E-state index in [0.717, 1.165) is 79.5 Å². The minimum absolute atomic E-state index is 0. The molecule has 0 bridgehead atoms. The fourth-order valence-electron chi connectivity index (χ4n) is 12.3. The summed E-state index contributed by atoms with van der Waals surface area (Å²) in [4.78, 5) is 169. The third kappa shape index (κ3) is 106. The number of ether oxygens (including phenoxy) is 8. The average molecular weight is 2100 g/mol. The van der Waals surface area contributed by atoms with Crippen LogP contribution >= 0.6 is 11.6 Å². The molecule has 34 nitrogen and oxygen atoms in total. The maximum absolute atomic E-state index is 12.1. The summed E-state index contributed by atoms with van der Waals surface area (Å²) in [7, 11) is 2.89. The van der Waals surface area contributed by atoms with Crippen molar-refractivity contribution in [2.24, 2.45) is 62.1 Å². The van der Waals surface area contributed by atoms with Gasteiger partial charge in [0.05, 0.1) is 51.6 Å². The van der Waals surface area contributed by atoms with Crippen molar-refractivity contribution < 1.29 is 232 Å². The van der Waals surface area contributed by atoms with Gasteiger partial charge >= 0.3 is 135 Å². The second-order valence-corrected chi connectivity index (χ2v) is 43.6. The predicted molar refractivity (Wildman–Crippen MR) is 542 cm³/mol. The SMILES string of the molecule is C.CC(C)(C)CC1CC(C(=O)CC(=O)OCc2ccccc2)C1.CC(C)(C)CC1CC(C(=O)CC(=O)OCc2ccccc2)C1.CC(C)(C)CC1CC(C(=O)O)C1.CC(C)(C)OC(=O)CC/C(Cl)=N/O.CC(C)(C)OC(=O)CC/C=N/O.CC(C)(C)OC(=O)CCC(=O)O.CC(C)(C)OC(=O)CCC=O.CC(C)(C)[O-].CCO.CON(C)C(=O)CCC(=O)OC(C)(C)C.O=[C-]CC(=O)OCc1ccccc1.[K+].[Na+].[OH-]. The first-order valence-electron chi connectivity index (χ1n) is 47.2. The van der Waals surface area contributed by atoms with E-state index in [0.29, 0.717) is 46.7 Å². The molecule has 37 heteroatoms. The molecule has 1 amide bonds. The molecule has 3 fully saturated rings. The fourth-order valence-corrected chi connectivity index (χ4v) is 12.4. The molecule has 0 saturated heterocycles. The largest absolute Gasteiger partial charge is 1.00 e. The van der Waals surface area contributed by atoms with Crippen molar-refractivity contribution >= 4 is 113 Å².